The lowest BCUT2D eigenvalue weighted by Crippen LogP contribution is -2.62. The molecule has 5 nitrogen and oxygen atoms in total. The van der Waals surface area contributed by atoms with Crippen molar-refractivity contribution in [2.45, 2.75) is 24.5 Å². The molecule has 1 aliphatic heterocycles. The van der Waals surface area contributed by atoms with Crippen LogP contribution in [0.4, 0.5) is 4.39 Å². The molecule has 1 amide bonds. The second kappa shape index (κ2) is 8.61. The molecule has 2 aromatic rings. The number of piperidine rings is 1. The molecule has 3 rings (SSSR count). The summed E-state index contributed by atoms with van der Waals surface area (Å²) in [4.78, 5) is 14.2. The number of carbonyl (C=O) groups excluding carboxylic acids is 1. The van der Waals surface area contributed by atoms with E-state index in [1.165, 1.54) is 12.1 Å². The normalized spacial score (nSPS) is 22.6. The summed E-state index contributed by atoms with van der Waals surface area (Å²) in [6, 6.07) is 15.2. The number of β-amino-alcohol motifs (C(OH)–C–C–N with tert-alkyl or cyclic N) is 1. The van der Waals surface area contributed by atoms with Crippen molar-refractivity contribution in [2.75, 3.05) is 26.2 Å². The first-order valence-electron chi connectivity index (χ1n) is 9.18. The number of aliphatic hydroxyl groups is 2. The number of aliphatic hydroxyl groups excluding tert-OH is 1. The Balaban J connectivity index is 1.54. The quantitative estimate of drug-likeness (QED) is 0.674. The summed E-state index contributed by atoms with van der Waals surface area (Å²) in [5.74, 6) is -0.415. The number of benzene rings is 2. The van der Waals surface area contributed by atoms with E-state index in [1.54, 1.807) is 41.3 Å². The van der Waals surface area contributed by atoms with Crippen LogP contribution in [0, 0.1) is 5.82 Å². The minimum atomic E-state index is -1.40. The van der Waals surface area contributed by atoms with E-state index in [-0.39, 0.29) is 24.8 Å². The fourth-order valence-electron chi connectivity index (χ4n) is 3.36. The number of hydrogen-bond donors (Lipinski definition) is 3. The van der Waals surface area contributed by atoms with E-state index in [9.17, 15) is 19.4 Å². The number of hydrogen-bond acceptors (Lipinski definition) is 4. The van der Waals surface area contributed by atoms with Gasteiger partial charge < -0.3 is 20.4 Å². The van der Waals surface area contributed by atoms with Crippen LogP contribution in [0.3, 0.4) is 0 Å². The molecule has 1 heterocycles. The fraction of sp³-hybridized carbons (Fsp3) is 0.381. The molecule has 0 aliphatic carbocycles. The van der Waals surface area contributed by atoms with E-state index in [1.807, 2.05) is 6.07 Å². The number of halogens is 1. The van der Waals surface area contributed by atoms with Gasteiger partial charge in [0.05, 0.1) is 12.6 Å². The third-order valence-corrected chi connectivity index (χ3v) is 5.00. The molecule has 27 heavy (non-hydrogen) atoms. The SMILES string of the molecule is O=C(c1ccccc1)N1CC[C@H](O)[C@@](O)(CNCCc2ccc(F)cc2)C1. The Hall–Kier alpha value is -2.28. The van der Waals surface area contributed by atoms with Gasteiger partial charge in [0, 0.05) is 18.7 Å². The van der Waals surface area contributed by atoms with Gasteiger partial charge in [-0.3, -0.25) is 4.79 Å². The zero-order chi connectivity index (χ0) is 19.3. The number of likely N-dealkylation sites (tertiary alicyclic amines) is 1. The lowest BCUT2D eigenvalue weighted by molar-refractivity contribution is -0.111. The summed E-state index contributed by atoms with van der Waals surface area (Å²) in [6.07, 6.45) is 0.115. The molecular weight excluding hydrogens is 347 g/mol. The maximum Gasteiger partial charge on any atom is 0.253 e. The van der Waals surface area contributed by atoms with Crippen molar-refractivity contribution >= 4 is 5.91 Å². The average molecular weight is 372 g/mol. The van der Waals surface area contributed by atoms with Crippen molar-refractivity contribution in [2.24, 2.45) is 0 Å². The number of nitrogens with zero attached hydrogens (tertiary/aromatic N) is 1. The standard InChI is InChI=1S/C21H25FN2O3/c22-18-8-6-16(7-9-18)10-12-23-14-21(27)15-24(13-11-19(21)25)20(26)17-4-2-1-3-5-17/h1-9,19,23,25,27H,10-15H2/t19-,21+/m0/s1. The van der Waals surface area contributed by atoms with Gasteiger partial charge in [0.2, 0.25) is 0 Å². The van der Waals surface area contributed by atoms with E-state index in [0.29, 0.717) is 31.5 Å². The fourth-order valence-corrected chi connectivity index (χ4v) is 3.36. The summed E-state index contributed by atoms with van der Waals surface area (Å²) >= 11 is 0. The molecule has 2 atom stereocenters. The predicted octanol–water partition coefficient (Wildman–Crippen LogP) is 1.60. The van der Waals surface area contributed by atoms with E-state index in [4.69, 9.17) is 0 Å². The van der Waals surface area contributed by atoms with E-state index >= 15 is 0 Å². The highest BCUT2D eigenvalue weighted by atomic mass is 19.1. The van der Waals surface area contributed by atoms with Crippen LogP contribution < -0.4 is 5.32 Å². The highest BCUT2D eigenvalue weighted by Gasteiger charge is 2.42. The minimum absolute atomic E-state index is 0.0748. The highest BCUT2D eigenvalue weighted by Crippen LogP contribution is 2.23. The first-order valence-corrected chi connectivity index (χ1v) is 9.18. The summed E-state index contributed by atoms with van der Waals surface area (Å²) < 4.78 is 12.9. The molecule has 6 heteroatoms. The molecule has 0 bridgehead atoms. The summed E-state index contributed by atoms with van der Waals surface area (Å²) in [5.41, 5.74) is 0.160. The first-order chi connectivity index (χ1) is 13.0. The summed E-state index contributed by atoms with van der Waals surface area (Å²) in [7, 11) is 0. The Kier molecular flexibility index (Phi) is 6.21. The zero-order valence-electron chi connectivity index (χ0n) is 15.1. The molecule has 2 aromatic carbocycles. The van der Waals surface area contributed by atoms with Crippen LogP contribution in [0.25, 0.3) is 0 Å². The van der Waals surface area contributed by atoms with Crippen LogP contribution in [0.5, 0.6) is 0 Å². The zero-order valence-corrected chi connectivity index (χ0v) is 15.1. The largest absolute Gasteiger partial charge is 0.390 e. The van der Waals surface area contributed by atoms with Crippen molar-refractivity contribution in [3.8, 4) is 0 Å². The first kappa shape index (κ1) is 19.5. The van der Waals surface area contributed by atoms with Crippen LogP contribution in [0.1, 0.15) is 22.3 Å². The van der Waals surface area contributed by atoms with Crippen LogP contribution in [-0.4, -0.2) is 58.9 Å². The van der Waals surface area contributed by atoms with Crippen LogP contribution in [0.2, 0.25) is 0 Å². The Morgan fingerprint density at radius 1 is 1.19 bits per heavy atom. The highest BCUT2D eigenvalue weighted by molar-refractivity contribution is 5.94. The summed E-state index contributed by atoms with van der Waals surface area (Å²) in [6.45, 7) is 1.24. The number of carbonyl (C=O) groups is 1. The van der Waals surface area contributed by atoms with Crippen molar-refractivity contribution in [3.05, 3.63) is 71.5 Å². The molecular formula is C21H25FN2O3. The Bertz CT molecular complexity index is 754. The van der Waals surface area contributed by atoms with Crippen LogP contribution >= 0.6 is 0 Å². The monoisotopic (exact) mass is 372 g/mol. The van der Waals surface area contributed by atoms with Crippen molar-refractivity contribution < 1.29 is 19.4 Å². The van der Waals surface area contributed by atoms with Gasteiger partial charge >= 0.3 is 0 Å². The maximum absolute atomic E-state index is 12.9. The molecule has 1 aliphatic rings. The predicted molar refractivity (Wildman–Crippen MR) is 101 cm³/mol. The van der Waals surface area contributed by atoms with Gasteiger partial charge in [-0.25, -0.2) is 4.39 Å². The lowest BCUT2D eigenvalue weighted by atomic mass is 9.89. The average Bonchev–Trinajstić information content (AvgIpc) is 2.69. The van der Waals surface area contributed by atoms with Gasteiger partial charge in [-0.1, -0.05) is 30.3 Å². The Labute approximate surface area is 158 Å². The third-order valence-electron chi connectivity index (χ3n) is 5.00. The van der Waals surface area contributed by atoms with E-state index in [2.05, 4.69) is 5.32 Å². The molecule has 0 radical (unpaired) electrons. The number of rotatable bonds is 6. The molecule has 1 fully saturated rings. The Morgan fingerprint density at radius 2 is 1.89 bits per heavy atom. The van der Waals surface area contributed by atoms with Gasteiger partial charge in [0.1, 0.15) is 11.4 Å². The second-order valence-corrected chi connectivity index (χ2v) is 7.05. The van der Waals surface area contributed by atoms with Gasteiger partial charge in [-0.2, -0.15) is 0 Å². The summed E-state index contributed by atoms with van der Waals surface area (Å²) in [5, 5.41) is 24.3. The third kappa shape index (κ3) is 4.91. The molecule has 3 N–H and O–H groups in total. The molecule has 0 saturated carbocycles. The molecule has 0 unspecified atom stereocenters. The minimum Gasteiger partial charge on any atom is -0.390 e. The van der Waals surface area contributed by atoms with Crippen molar-refractivity contribution in [1.82, 2.24) is 10.2 Å². The van der Waals surface area contributed by atoms with Crippen LogP contribution in [0.15, 0.2) is 54.6 Å². The van der Waals surface area contributed by atoms with Gasteiger partial charge in [0.25, 0.3) is 5.91 Å². The van der Waals surface area contributed by atoms with Gasteiger partial charge in [0.15, 0.2) is 0 Å². The Morgan fingerprint density at radius 3 is 2.59 bits per heavy atom. The topological polar surface area (TPSA) is 72.8 Å². The van der Waals surface area contributed by atoms with Gasteiger partial charge in [-0.15, -0.1) is 0 Å². The number of amides is 1. The number of nitrogens with one attached hydrogen (secondary N) is 1. The molecule has 0 spiro atoms. The smallest absolute Gasteiger partial charge is 0.253 e. The van der Waals surface area contributed by atoms with Gasteiger partial charge in [-0.05, 0) is 49.2 Å². The van der Waals surface area contributed by atoms with E-state index < -0.39 is 11.7 Å². The molecule has 1 saturated heterocycles. The lowest BCUT2D eigenvalue weighted by Gasteiger charge is -2.42. The molecule has 0 aromatic heterocycles. The molecule has 144 valence electrons. The van der Waals surface area contributed by atoms with E-state index in [0.717, 1.165) is 5.56 Å². The van der Waals surface area contributed by atoms with Crippen molar-refractivity contribution in [1.29, 1.82) is 0 Å². The maximum atomic E-state index is 12.9. The van der Waals surface area contributed by atoms with Crippen molar-refractivity contribution in [3.63, 3.8) is 0 Å². The second-order valence-electron chi connectivity index (χ2n) is 7.05. The van der Waals surface area contributed by atoms with Crippen LogP contribution in [-0.2, 0) is 6.42 Å².